The maximum atomic E-state index is 10.3. The van der Waals surface area contributed by atoms with Crippen molar-refractivity contribution in [1.82, 2.24) is 4.90 Å². The van der Waals surface area contributed by atoms with Gasteiger partial charge in [-0.3, -0.25) is 4.79 Å². The summed E-state index contributed by atoms with van der Waals surface area (Å²) >= 11 is 0. The molecule has 0 bridgehead atoms. The maximum absolute atomic E-state index is 10.3. The molecule has 3 heteroatoms. The van der Waals surface area contributed by atoms with E-state index in [1.165, 1.54) is 0 Å². The summed E-state index contributed by atoms with van der Waals surface area (Å²) < 4.78 is 0. The second-order valence-corrected chi connectivity index (χ2v) is 2.32. The standard InChI is InChI=1S/C5H10N2O/c1-7-2-4(3-7)5(6)8/h4H,2-3H2,1H3,(H2,6,8). The van der Waals surface area contributed by atoms with E-state index in [4.69, 9.17) is 5.73 Å². The highest BCUT2D eigenvalue weighted by molar-refractivity contribution is 5.78. The van der Waals surface area contributed by atoms with Gasteiger partial charge in [-0.1, -0.05) is 0 Å². The summed E-state index contributed by atoms with van der Waals surface area (Å²) in [5.41, 5.74) is 4.99. The molecule has 46 valence electrons. The molecule has 0 saturated carbocycles. The fourth-order valence-corrected chi connectivity index (χ4v) is 0.879. The first-order valence-electron chi connectivity index (χ1n) is 2.68. The highest BCUT2D eigenvalue weighted by Crippen LogP contribution is 2.10. The van der Waals surface area contributed by atoms with E-state index >= 15 is 0 Å². The number of carbonyl (C=O) groups excluding carboxylic acids is 1. The minimum absolute atomic E-state index is 0.125. The molecule has 0 aliphatic carbocycles. The van der Waals surface area contributed by atoms with Crippen LogP contribution in [0.5, 0.6) is 0 Å². The molecule has 2 N–H and O–H groups in total. The molecule has 0 atom stereocenters. The molecule has 0 aromatic carbocycles. The van der Waals surface area contributed by atoms with E-state index in [0.29, 0.717) is 0 Å². The third-order valence-electron chi connectivity index (χ3n) is 1.47. The number of rotatable bonds is 1. The van der Waals surface area contributed by atoms with Crippen molar-refractivity contribution in [3.8, 4) is 0 Å². The molecule has 1 heterocycles. The minimum Gasteiger partial charge on any atom is -0.369 e. The Morgan fingerprint density at radius 3 is 2.38 bits per heavy atom. The van der Waals surface area contributed by atoms with Crippen molar-refractivity contribution in [2.24, 2.45) is 11.7 Å². The number of amides is 1. The first kappa shape index (κ1) is 5.56. The van der Waals surface area contributed by atoms with Crippen LogP contribution in [0.2, 0.25) is 0 Å². The largest absolute Gasteiger partial charge is 0.369 e. The molecule has 1 rings (SSSR count). The van der Waals surface area contributed by atoms with Gasteiger partial charge < -0.3 is 10.6 Å². The van der Waals surface area contributed by atoms with Gasteiger partial charge in [0.1, 0.15) is 0 Å². The van der Waals surface area contributed by atoms with Crippen LogP contribution in [-0.2, 0) is 4.79 Å². The molecule has 1 aliphatic heterocycles. The Kier molecular flexibility index (Phi) is 1.21. The van der Waals surface area contributed by atoms with Crippen molar-refractivity contribution in [3.63, 3.8) is 0 Å². The lowest BCUT2D eigenvalue weighted by molar-refractivity contribution is -0.126. The van der Waals surface area contributed by atoms with Gasteiger partial charge in [0.15, 0.2) is 0 Å². The van der Waals surface area contributed by atoms with Crippen LogP contribution >= 0.6 is 0 Å². The first-order chi connectivity index (χ1) is 3.70. The second kappa shape index (κ2) is 1.74. The van der Waals surface area contributed by atoms with Gasteiger partial charge in [-0.25, -0.2) is 0 Å². The number of carbonyl (C=O) groups is 1. The summed E-state index contributed by atoms with van der Waals surface area (Å²) in [6.07, 6.45) is 0. The zero-order valence-electron chi connectivity index (χ0n) is 4.92. The Labute approximate surface area is 48.5 Å². The van der Waals surface area contributed by atoms with Crippen LogP contribution in [0.1, 0.15) is 0 Å². The molecule has 0 unspecified atom stereocenters. The molecule has 3 nitrogen and oxygen atoms in total. The van der Waals surface area contributed by atoms with Crippen LogP contribution in [0, 0.1) is 5.92 Å². The van der Waals surface area contributed by atoms with Crippen LogP contribution in [0.15, 0.2) is 0 Å². The van der Waals surface area contributed by atoms with Gasteiger partial charge in [-0.05, 0) is 7.05 Å². The van der Waals surface area contributed by atoms with Crippen LogP contribution in [-0.4, -0.2) is 30.9 Å². The average Bonchev–Trinajstić information content (AvgIpc) is 1.57. The van der Waals surface area contributed by atoms with Crippen LogP contribution in [0.25, 0.3) is 0 Å². The Bertz CT molecular complexity index is 107. The van der Waals surface area contributed by atoms with Gasteiger partial charge in [0.25, 0.3) is 0 Å². The Balaban J connectivity index is 2.25. The van der Waals surface area contributed by atoms with E-state index in [-0.39, 0.29) is 11.8 Å². The molecule has 1 aliphatic rings. The number of nitrogens with two attached hydrogens (primary N) is 1. The smallest absolute Gasteiger partial charge is 0.223 e. The van der Waals surface area contributed by atoms with Crippen LogP contribution < -0.4 is 5.73 Å². The lowest BCUT2D eigenvalue weighted by Crippen LogP contribution is -2.50. The molecule has 0 aromatic rings. The molecule has 1 fully saturated rings. The third-order valence-corrected chi connectivity index (χ3v) is 1.47. The van der Waals surface area contributed by atoms with Crippen molar-refractivity contribution >= 4 is 5.91 Å². The number of likely N-dealkylation sites (tertiary alicyclic amines) is 1. The van der Waals surface area contributed by atoms with Crippen molar-refractivity contribution in [2.45, 2.75) is 0 Å². The Morgan fingerprint density at radius 1 is 1.75 bits per heavy atom. The quantitative estimate of drug-likeness (QED) is 0.477. The van der Waals surface area contributed by atoms with Gasteiger partial charge in [0, 0.05) is 13.1 Å². The van der Waals surface area contributed by atoms with Crippen LogP contribution in [0.3, 0.4) is 0 Å². The van der Waals surface area contributed by atoms with E-state index in [2.05, 4.69) is 4.90 Å². The van der Waals surface area contributed by atoms with E-state index < -0.39 is 0 Å². The van der Waals surface area contributed by atoms with Gasteiger partial charge in [0.05, 0.1) is 5.92 Å². The lowest BCUT2D eigenvalue weighted by atomic mass is 10.0. The van der Waals surface area contributed by atoms with E-state index in [1.807, 2.05) is 7.05 Å². The van der Waals surface area contributed by atoms with E-state index in [0.717, 1.165) is 13.1 Å². The van der Waals surface area contributed by atoms with Crippen LogP contribution in [0.4, 0.5) is 0 Å². The maximum Gasteiger partial charge on any atom is 0.223 e. The van der Waals surface area contributed by atoms with E-state index in [9.17, 15) is 4.79 Å². The Hall–Kier alpha value is -0.570. The molecule has 0 aromatic heterocycles. The minimum atomic E-state index is -0.164. The molecular weight excluding hydrogens is 104 g/mol. The monoisotopic (exact) mass is 114 g/mol. The van der Waals surface area contributed by atoms with Gasteiger partial charge in [-0.15, -0.1) is 0 Å². The molecule has 0 radical (unpaired) electrons. The third kappa shape index (κ3) is 0.816. The van der Waals surface area contributed by atoms with E-state index in [1.54, 1.807) is 0 Å². The molecule has 8 heavy (non-hydrogen) atoms. The normalized spacial score (nSPS) is 22.6. The summed E-state index contributed by atoms with van der Waals surface area (Å²) in [5.74, 6) is -0.0388. The summed E-state index contributed by atoms with van der Waals surface area (Å²) in [7, 11) is 1.97. The van der Waals surface area contributed by atoms with Gasteiger partial charge in [-0.2, -0.15) is 0 Å². The fourth-order valence-electron chi connectivity index (χ4n) is 0.879. The highest BCUT2D eigenvalue weighted by Gasteiger charge is 2.27. The SMILES string of the molecule is CN1CC(C(N)=O)C1. The summed E-state index contributed by atoms with van der Waals surface area (Å²) in [6.45, 7) is 1.69. The Morgan fingerprint density at radius 2 is 2.25 bits per heavy atom. The summed E-state index contributed by atoms with van der Waals surface area (Å²) in [4.78, 5) is 12.4. The average molecular weight is 114 g/mol. The van der Waals surface area contributed by atoms with Crippen molar-refractivity contribution in [3.05, 3.63) is 0 Å². The number of hydrogen-bond acceptors (Lipinski definition) is 2. The zero-order valence-corrected chi connectivity index (χ0v) is 4.92. The fraction of sp³-hybridized carbons (Fsp3) is 0.800. The van der Waals surface area contributed by atoms with Crippen molar-refractivity contribution in [2.75, 3.05) is 20.1 Å². The van der Waals surface area contributed by atoms with Gasteiger partial charge >= 0.3 is 0 Å². The molecule has 1 amide bonds. The number of nitrogens with zero attached hydrogens (tertiary/aromatic N) is 1. The number of hydrogen-bond donors (Lipinski definition) is 1. The zero-order chi connectivity index (χ0) is 6.15. The molecule has 0 spiro atoms. The van der Waals surface area contributed by atoms with Crippen molar-refractivity contribution < 1.29 is 4.79 Å². The predicted molar refractivity (Wildman–Crippen MR) is 30.2 cm³/mol. The summed E-state index contributed by atoms with van der Waals surface area (Å²) in [6, 6.07) is 0. The number of primary amides is 1. The first-order valence-corrected chi connectivity index (χ1v) is 2.68. The van der Waals surface area contributed by atoms with Gasteiger partial charge in [0.2, 0.25) is 5.91 Å². The topological polar surface area (TPSA) is 46.3 Å². The highest BCUT2D eigenvalue weighted by atomic mass is 16.1. The summed E-state index contributed by atoms with van der Waals surface area (Å²) in [5, 5.41) is 0. The lowest BCUT2D eigenvalue weighted by Gasteiger charge is -2.33. The predicted octanol–water partition coefficient (Wildman–Crippen LogP) is -0.967. The second-order valence-electron chi connectivity index (χ2n) is 2.32. The van der Waals surface area contributed by atoms with Crippen molar-refractivity contribution in [1.29, 1.82) is 0 Å². The molecule has 1 saturated heterocycles. The molecular formula is C5H10N2O.